The zero-order valence-corrected chi connectivity index (χ0v) is 23.9. The maximum atomic E-state index is 11.7. The van der Waals surface area contributed by atoms with E-state index in [1.165, 1.54) is 6.07 Å². The highest BCUT2D eigenvalue weighted by Gasteiger charge is 2.42. The Morgan fingerprint density at radius 1 is 1.14 bits per heavy atom. The van der Waals surface area contributed by atoms with Crippen LogP contribution in [0.3, 0.4) is 0 Å². The number of piperidine rings is 1. The number of carboxylic acids is 1. The molecule has 0 spiro atoms. The van der Waals surface area contributed by atoms with E-state index in [1.807, 2.05) is 29.7 Å². The van der Waals surface area contributed by atoms with Gasteiger partial charge in [-0.2, -0.15) is 0 Å². The zero-order valence-electron chi connectivity index (χ0n) is 23.1. The molecule has 0 bridgehead atoms. The first-order valence-corrected chi connectivity index (χ1v) is 14.6. The van der Waals surface area contributed by atoms with E-state index in [1.54, 1.807) is 18.3 Å². The Balaban J connectivity index is 1.09. The Bertz CT molecular complexity index is 1660. The lowest BCUT2D eigenvalue weighted by Crippen LogP contribution is -2.35. The predicted octanol–water partition coefficient (Wildman–Crippen LogP) is 5.30. The second-order valence-electron chi connectivity index (χ2n) is 11.3. The van der Waals surface area contributed by atoms with Crippen LogP contribution in [0.5, 0.6) is 17.2 Å². The minimum absolute atomic E-state index is 0.0348. The molecule has 2 aromatic heterocycles. The average Bonchev–Trinajstić information content (AvgIpc) is 3.49. The first-order chi connectivity index (χ1) is 20.3. The molecule has 0 amide bonds. The Labute approximate surface area is 247 Å². The highest BCUT2D eigenvalue weighted by Crippen LogP contribution is 2.49. The van der Waals surface area contributed by atoms with Gasteiger partial charge in [-0.25, -0.2) is 9.78 Å². The third-order valence-corrected chi connectivity index (χ3v) is 8.76. The van der Waals surface area contributed by atoms with Gasteiger partial charge in [0.25, 0.3) is 5.79 Å². The van der Waals surface area contributed by atoms with Gasteiger partial charge in [-0.1, -0.05) is 23.7 Å². The number of phenolic OH excluding ortho intramolecular Hbond substituents is 1. The van der Waals surface area contributed by atoms with Crippen molar-refractivity contribution >= 4 is 28.6 Å². The van der Waals surface area contributed by atoms with Gasteiger partial charge in [-0.3, -0.25) is 9.88 Å². The second-order valence-corrected chi connectivity index (χ2v) is 11.8. The number of para-hydroxylation sites is 1. The van der Waals surface area contributed by atoms with E-state index < -0.39 is 11.8 Å². The summed E-state index contributed by atoms with van der Waals surface area (Å²) in [7, 11) is 0. The molecule has 2 N–H and O–H groups in total. The molecule has 5 heterocycles. The van der Waals surface area contributed by atoms with Crippen molar-refractivity contribution in [2.24, 2.45) is 0 Å². The number of halogens is 1. The van der Waals surface area contributed by atoms with Gasteiger partial charge >= 0.3 is 5.97 Å². The molecule has 4 aromatic rings. The van der Waals surface area contributed by atoms with Gasteiger partial charge in [-0.15, -0.1) is 0 Å². The number of pyridine rings is 1. The molecule has 11 heteroatoms. The fourth-order valence-corrected chi connectivity index (χ4v) is 6.27. The second kappa shape index (κ2) is 10.4. The summed E-state index contributed by atoms with van der Waals surface area (Å²) in [4.78, 5) is 23.2. The topological polar surface area (TPSA) is 119 Å². The largest absolute Gasteiger partial charge is 0.506 e. The standard InChI is InChI=1S/C31H31ClN4O6/c1-31(26-6-5-20(32)15-33-26)41-25-4-2-3-22(29(25)42-31)18-7-10-35(11-8-18)17-27-34-28-23(36(27)16-21-9-12-40-21)13-19(30(38)39)14-24(28)37/h2-6,13-15,18,21,37H,7-12,16-17H2,1H3,(H,38,39)/t21-,31-/m0/s1. The van der Waals surface area contributed by atoms with Gasteiger partial charge in [0, 0.05) is 25.3 Å². The number of hydrogen-bond donors (Lipinski definition) is 2. The van der Waals surface area contributed by atoms with Gasteiger partial charge in [-0.05, 0) is 68.6 Å². The number of fused-ring (bicyclic) bond motifs is 2. The molecule has 0 unspecified atom stereocenters. The lowest BCUT2D eigenvalue weighted by atomic mass is 9.88. The van der Waals surface area contributed by atoms with Crippen LogP contribution in [0.25, 0.3) is 11.0 Å². The van der Waals surface area contributed by atoms with Crippen molar-refractivity contribution in [3.63, 3.8) is 0 Å². The Hall–Kier alpha value is -3.86. The summed E-state index contributed by atoms with van der Waals surface area (Å²) in [6, 6.07) is 12.5. The molecule has 7 rings (SSSR count). The molecule has 0 radical (unpaired) electrons. The molecular formula is C31H31ClN4O6. The Morgan fingerprint density at radius 2 is 1.95 bits per heavy atom. The molecule has 2 aromatic carbocycles. The van der Waals surface area contributed by atoms with E-state index in [-0.39, 0.29) is 17.4 Å². The van der Waals surface area contributed by atoms with E-state index in [2.05, 4.69) is 16.0 Å². The molecule has 0 saturated carbocycles. The predicted molar refractivity (Wildman–Crippen MR) is 154 cm³/mol. The third-order valence-electron chi connectivity index (χ3n) is 8.54. The summed E-state index contributed by atoms with van der Waals surface area (Å²) in [5.74, 6) is 0.321. The molecule has 2 saturated heterocycles. The first kappa shape index (κ1) is 27.0. The number of nitrogens with zero attached hydrogens (tertiary/aromatic N) is 4. The van der Waals surface area contributed by atoms with E-state index >= 15 is 0 Å². The monoisotopic (exact) mass is 590 g/mol. The first-order valence-electron chi connectivity index (χ1n) is 14.2. The number of aromatic hydroxyl groups is 1. The normalized spacial score (nSPS) is 22.4. The maximum Gasteiger partial charge on any atom is 0.335 e. The van der Waals surface area contributed by atoms with Gasteiger partial charge in [0.1, 0.15) is 22.8 Å². The lowest BCUT2D eigenvalue weighted by Gasteiger charge is -2.33. The van der Waals surface area contributed by atoms with Crippen molar-refractivity contribution in [2.75, 3.05) is 19.7 Å². The van der Waals surface area contributed by atoms with Crippen LogP contribution >= 0.6 is 11.6 Å². The van der Waals surface area contributed by atoms with Gasteiger partial charge < -0.3 is 29.0 Å². The number of benzene rings is 2. The number of carboxylic acid groups (broad SMARTS) is 1. The number of carbonyl (C=O) groups is 1. The number of ether oxygens (including phenoxy) is 3. The van der Waals surface area contributed by atoms with Gasteiger partial charge in [0.2, 0.25) is 0 Å². The van der Waals surface area contributed by atoms with Crippen LogP contribution in [0, 0.1) is 0 Å². The zero-order chi connectivity index (χ0) is 29.0. The van der Waals surface area contributed by atoms with Crippen LogP contribution in [-0.4, -0.2) is 61.4 Å². The summed E-state index contributed by atoms with van der Waals surface area (Å²) < 4.78 is 20.4. The Morgan fingerprint density at radius 3 is 2.64 bits per heavy atom. The SMILES string of the molecule is C[C@]1(c2ccc(Cl)cn2)Oc2cccc(C3CCN(Cc4nc5c(O)cc(C(=O)O)cc5n4C[C@@H]4CCO4)CC3)c2O1. The third kappa shape index (κ3) is 4.83. The molecule has 2 atom stereocenters. The summed E-state index contributed by atoms with van der Waals surface area (Å²) in [5, 5.41) is 20.7. The Kier molecular flexibility index (Phi) is 6.72. The number of imidazole rings is 1. The fraction of sp³-hybridized carbons (Fsp3) is 0.387. The maximum absolute atomic E-state index is 11.7. The lowest BCUT2D eigenvalue weighted by molar-refractivity contribution is -0.0722. The minimum atomic E-state index is -1.09. The molecule has 3 aliphatic heterocycles. The van der Waals surface area contributed by atoms with Crippen LogP contribution in [0.2, 0.25) is 5.02 Å². The van der Waals surface area contributed by atoms with Crippen LogP contribution in [0.4, 0.5) is 0 Å². The smallest absolute Gasteiger partial charge is 0.335 e. The molecule has 42 heavy (non-hydrogen) atoms. The van der Waals surface area contributed by atoms with E-state index in [0.717, 1.165) is 56.1 Å². The van der Waals surface area contributed by atoms with E-state index in [9.17, 15) is 15.0 Å². The molecular weight excluding hydrogens is 560 g/mol. The van der Waals surface area contributed by atoms with E-state index in [4.69, 9.17) is 30.8 Å². The van der Waals surface area contributed by atoms with Gasteiger partial charge in [0.05, 0.1) is 35.3 Å². The summed E-state index contributed by atoms with van der Waals surface area (Å²) in [5.41, 5.74) is 2.85. The van der Waals surface area contributed by atoms with Crippen molar-refractivity contribution < 1.29 is 29.2 Å². The molecule has 2 fully saturated rings. The summed E-state index contributed by atoms with van der Waals surface area (Å²) >= 11 is 6.04. The summed E-state index contributed by atoms with van der Waals surface area (Å²) in [6.45, 7) is 5.44. The summed E-state index contributed by atoms with van der Waals surface area (Å²) in [6.07, 6.45) is 4.44. The van der Waals surface area contributed by atoms with E-state index in [0.29, 0.717) is 46.5 Å². The molecule has 3 aliphatic rings. The van der Waals surface area contributed by atoms with Crippen LogP contribution in [0.1, 0.15) is 59.5 Å². The number of rotatable bonds is 7. The highest BCUT2D eigenvalue weighted by molar-refractivity contribution is 6.30. The highest BCUT2D eigenvalue weighted by atomic mass is 35.5. The fourth-order valence-electron chi connectivity index (χ4n) is 6.15. The van der Waals surface area contributed by atoms with Gasteiger partial charge in [0.15, 0.2) is 11.5 Å². The van der Waals surface area contributed by atoms with Crippen LogP contribution in [0.15, 0.2) is 48.7 Å². The number of hydrogen-bond acceptors (Lipinski definition) is 8. The van der Waals surface area contributed by atoms with Crippen molar-refractivity contribution in [2.45, 2.75) is 57.1 Å². The van der Waals surface area contributed by atoms with Crippen molar-refractivity contribution in [3.8, 4) is 17.2 Å². The number of likely N-dealkylation sites (tertiary alicyclic amines) is 1. The van der Waals surface area contributed by atoms with Crippen molar-refractivity contribution in [1.82, 2.24) is 19.4 Å². The quantitative estimate of drug-likeness (QED) is 0.295. The molecule has 218 valence electrons. The molecule has 10 nitrogen and oxygen atoms in total. The number of phenols is 1. The number of aromatic nitrogens is 3. The number of aromatic carboxylic acids is 1. The van der Waals surface area contributed by atoms with Crippen molar-refractivity contribution in [1.29, 1.82) is 0 Å². The average molecular weight is 591 g/mol. The van der Waals surface area contributed by atoms with Crippen molar-refractivity contribution in [3.05, 3.63) is 76.3 Å². The molecule has 0 aliphatic carbocycles. The minimum Gasteiger partial charge on any atom is -0.506 e. The van der Waals surface area contributed by atoms with Crippen LogP contribution < -0.4 is 9.47 Å². The van der Waals surface area contributed by atoms with Crippen LogP contribution in [-0.2, 0) is 23.6 Å².